The second-order valence-corrected chi connectivity index (χ2v) is 2.21. The highest BCUT2D eigenvalue weighted by Crippen LogP contribution is 2.30. The summed E-state index contributed by atoms with van der Waals surface area (Å²) in [4.78, 5) is 0. The van der Waals surface area contributed by atoms with E-state index in [0.29, 0.717) is 6.42 Å². The fraction of sp³-hybridized carbons (Fsp3) is 0.833. The first-order valence-corrected chi connectivity index (χ1v) is 2.88. The number of hydrogen-bond donors (Lipinski definition) is 0. The van der Waals surface area contributed by atoms with Gasteiger partial charge in [-0.05, 0) is 13.3 Å². The van der Waals surface area contributed by atoms with Crippen LogP contribution in [0.4, 0.5) is 13.2 Å². The topological polar surface area (TPSA) is 0 Å². The largest absolute Gasteiger partial charge is 0.346 e. The van der Waals surface area contributed by atoms with Crippen LogP contribution in [0.1, 0.15) is 26.7 Å². The van der Waals surface area contributed by atoms with Crippen molar-refractivity contribution in [3.63, 3.8) is 0 Å². The van der Waals surface area contributed by atoms with E-state index in [2.05, 4.69) is 0 Å². The third-order valence-electron chi connectivity index (χ3n) is 1.11. The van der Waals surface area contributed by atoms with Gasteiger partial charge in [-0.2, -0.15) is 8.78 Å². The molecule has 0 rings (SSSR count). The molecule has 55 valence electrons. The van der Waals surface area contributed by atoms with E-state index in [9.17, 15) is 13.2 Å². The molecule has 0 saturated heterocycles. The number of halogens is 3. The summed E-state index contributed by atoms with van der Waals surface area (Å²) in [5, 5.41) is 0. The summed E-state index contributed by atoms with van der Waals surface area (Å²) in [6.07, 6.45) is -1.79. The predicted molar refractivity (Wildman–Crippen MR) is 29.9 cm³/mol. The lowest BCUT2D eigenvalue weighted by atomic mass is 10.0. The highest BCUT2D eigenvalue weighted by molar-refractivity contribution is 4.87. The van der Waals surface area contributed by atoms with Crippen molar-refractivity contribution in [3.05, 3.63) is 6.43 Å². The predicted octanol–water partition coefficient (Wildman–Crippen LogP) is 2.94. The van der Waals surface area contributed by atoms with E-state index in [1.54, 1.807) is 6.92 Å². The molecule has 0 aromatic rings. The van der Waals surface area contributed by atoms with Gasteiger partial charge in [-0.25, -0.2) is 4.39 Å². The Kier molecular flexibility index (Phi) is 3.01. The Morgan fingerprint density at radius 1 is 1.44 bits per heavy atom. The summed E-state index contributed by atoms with van der Waals surface area (Å²) < 4.78 is 35.5. The van der Waals surface area contributed by atoms with Crippen molar-refractivity contribution >= 4 is 0 Å². The lowest BCUT2D eigenvalue weighted by Gasteiger charge is -2.15. The zero-order valence-electron chi connectivity index (χ0n) is 5.55. The van der Waals surface area contributed by atoms with Gasteiger partial charge in [0.2, 0.25) is 0 Å². The average molecular weight is 139 g/mol. The maximum atomic E-state index is 12.4. The van der Waals surface area contributed by atoms with Crippen molar-refractivity contribution in [2.75, 3.05) is 0 Å². The first-order chi connectivity index (χ1) is 4.00. The second kappa shape index (κ2) is 3.08. The first kappa shape index (κ1) is 8.79. The Bertz CT molecular complexity index is 78.4. The SMILES string of the molecule is CCCC(C)(F)[C](F)F. The van der Waals surface area contributed by atoms with Crippen LogP contribution < -0.4 is 0 Å². The van der Waals surface area contributed by atoms with E-state index in [0.717, 1.165) is 6.92 Å². The molecule has 0 spiro atoms. The van der Waals surface area contributed by atoms with Gasteiger partial charge >= 0.3 is 6.43 Å². The molecule has 0 aliphatic heterocycles. The van der Waals surface area contributed by atoms with E-state index in [4.69, 9.17) is 0 Å². The molecule has 0 saturated carbocycles. The molecule has 0 bridgehead atoms. The van der Waals surface area contributed by atoms with Gasteiger partial charge in [0.15, 0.2) is 5.67 Å². The zero-order chi connectivity index (χ0) is 7.49. The minimum Gasteiger partial charge on any atom is -0.237 e. The van der Waals surface area contributed by atoms with E-state index < -0.39 is 12.1 Å². The third-order valence-corrected chi connectivity index (χ3v) is 1.11. The van der Waals surface area contributed by atoms with Gasteiger partial charge in [0.1, 0.15) is 0 Å². The molecular weight excluding hydrogens is 129 g/mol. The van der Waals surface area contributed by atoms with Crippen LogP contribution in [0, 0.1) is 6.43 Å². The van der Waals surface area contributed by atoms with Crippen LogP contribution in [0.2, 0.25) is 0 Å². The molecule has 0 fully saturated rings. The van der Waals surface area contributed by atoms with Crippen molar-refractivity contribution < 1.29 is 13.2 Å². The standard InChI is InChI=1S/C6H10F3/c1-3-4-6(2,9)5(7)8/h3-4H2,1-2H3. The van der Waals surface area contributed by atoms with Crippen molar-refractivity contribution in [1.29, 1.82) is 0 Å². The molecule has 1 radical (unpaired) electrons. The van der Waals surface area contributed by atoms with E-state index >= 15 is 0 Å². The quantitative estimate of drug-likeness (QED) is 0.563. The molecule has 0 aliphatic carbocycles. The number of hydrogen-bond acceptors (Lipinski definition) is 0. The van der Waals surface area contributed by atoms with Gasteiger partial charge in [-0.1, -0.05) is 13.3 Å². The molecule has 3 heteroatoms. The van der Waals surface area contributed by atoms with Crippen LogP contribution in [0.5, 0.6) is 0 Å². The molecule has 0 heterocycles. The minimum absolute atomic E-state index is 0.102. The van der Waals surface area contributed by atoms with E-state index in [1.807, 2.05) is 0 Å². The Balaban J connectivity index is 3.70. The molecule has 9 heavy (non-hydrogen) atoms. The Hall–Kier alpha value is -0.210. The molecule has 1 unspecified atom stereocenters. The summed E-state index contributed by atoms with van der Waals surface area (Å²) in [7, 11) is 0. The summed E-state index contributed by atoms with van der Waals surface area (Å²) in [5.74, 6) is 0. The van der Waals surface area contributed by atoms with Gasteiger partial charge in [-0.3, -0.25) is 0 Å². The lowest BCUT2D eigenvalue weighted by molar-refractivity contribution is 0.0634. The summed E-state index contributed by atoms with van der Waals surface area (Å²) in [5.41, 5.74) is -2.37. The van der Waals surface area contributed by atoms with Crippen LogP contribution >= 0.6 is 0 Å². The van der Waals surface area contributed by atoms with Crippen molar-refractivity contribution in [2.45, 2.75) is 32.4 Å². The monoisotopic (exact) mass is 139 g/mol. The minimum atomic E-state index is -2.37. The normalized spacial score (nSPS) is 18.0. The lowest BCUT2D eigenvalue weighted by Crippen LogP contribution is -2.21. The zero-order valence-corrected chi connectivity index (χ0v) is 5.55. The highest BCUT2D eigenvalue weighted by atomic mass is 19.3. The van der Waals surface area contributed by atoms with Gasteiger partial charge in [-0.15, -0.1) is 0 Å². The third kappa shape index (κ3) is 2.72. The van der Waals surface area contributed by atoms with Crippen molar-refractivity contribution in [1.82, 2.24) is 0 Å². The molecule has 0 N–H and O–H groups in total. The second-order valence-electron chi connectivity index (χ2n) is 2.21. The Morgan fingerprint density at radius 2 is 1.89 bits per heavy atom. The van der Waals surface area contributed by atoms with Crippen LogP contribution in [-0.4, -0.2) is 5.67 Å². The van der Waals surface area contributed by atoms with Crippen LogP contribution in [0.15, 0.2) is 0 Å². The molecule has 0 nitrogen and oxygen atoms in total. The summed E-state index contributed by atoms with van der Waals surface area (Å²) in [6, 6.07) is 0. The molecule has 0 aliphatic rings. The smallest absolute Gasteiger partial charge is 0.237 e. The van der Waals surface area contributed by atoms with Crippen LogP contribution in [0.25, 0.3) is 0 Å². The van der Waals surface area contributed by atoms with Crippen LogP contribution in [0.3, 0.4) is 0 Å². The average Bonchev–Trinajstić information content (AvgIpc) is 1.65. The van der Waals surface area contributed by atoms with Crippen LogP contribution in [-0.2, 0) is 0 Å². The summed E-state index contributed by atoms with van der Waals surface area (Å²) >= 11 is 0. The Labute approximate surface area is 53.1 Å². The number of alkyl halides is 1. The van der Waals surface area contributed by atoms with Gasteiger partial charge in [0.05, 0.1) is 0 Å². The first-order valence-electron chi connectivity index (χ1n) is 2.88. The molecule has 1 atom stereocenters. The maximum absolute atomic E-state index is 12.4. The highest BCUT2D eigenvalue weighted by Gasteiger charge is 2.35. The van der Waals surface area contributed by atoms with Gasteiger partial charge in [0.25, 0.3) is 0 Å². The Morgan fingerprint density at radius 3 is 2.00 bits per heavy atom. The van der Waals surface area contributed by atoms with Crippen molar-refractivity contribution in [3.8, 4) is 0 Å². The maximum Gasteiger partial charge on any atom is 0.346 e. The van der Waals surface area contributed by atoms with E-state index in [-0.39, 0.29) is 6.42 Å². The van der Waals surface area contributed by atoms with Gasteiger partial charge < -0.3 is 0 Å². The number of rotatable bonds is 3. The molecular formula is C6H10F3. The molecule has 0 amide bonds. The van der Waals surface area contributed by atoms with E-state index in [1.165, 1.54) is 0 Å². The van der Waals surface area contributed by atoms with Crippen molar-refractivity contribution in [2.24, 2.45) is 0 Å². The molecule has 0 aromatic heterocycles. The summed E-state index contributed by atoms with van der Waals surface area (Å²) in [6.45, 7) is 2.56. The fourth-order valence-electron chi connectivity index (χ4n) is 0.564. The molecule has 0 aromatic carbocycles. The van der Waals surface area contributed by atoms with Gasteiger partial charge in [0, 0.05) is 0 Å². The fourth-order valence-corrected chi connectivity index (χ4v) is 0.564.